The van der Waals surface area contributed by atoms with E-state index in [1.807, 2.05) is 7.05 Å². The topological polar surface area (TPSA) is 46.1 Å². The van der Waals surface area contributed by atoms with E-state index in [-0.39, 0.29) is 24.0 Å². The number of hydrogen-bond acceptors (Lipinski definition) is 3. The Balaban J connectivity index is 0.00000324. The van der Waals surface area contributed by atoms with Gasteiger partial charge in [0.2, 0.25) is 0 Å². The second-order valence-electron chi connectivity index (χ2n) is 4.73. The van der Waals surface area contributed by atoms with Crippen molar-refractivity contribution in [1.82, 2.24) is 10.2 Å². The van der Waals surface area contributed by atoms with E-state index in [9.17, 15) is 0 Å². The molecule has 1 saturated heterocycles. The summed E-state index contributed by atoms with van der Waals surface area (Å²) < 4.78 is 10.4. The van der Waals surface area contributed by atoms with Crippen molar-refractivity contribution in [2.45, 2.75) is 19.3 Å². The van der Waals surface area contributed by atoms with Gasteiger partial charge in [0.05, 0.1) is 6.61 Å². The van der Waals surface area contributed by atoms with E-state index < -0.39 is 0 Å². The van der Waals surface area contributed by atoms with E-state index in [0.717, 1.165) is 38.2 Å². The molecular weight excluding hydrogens is 357 g/mol. The molecule has 5 nitrogen and oxygen atoms in total. The Morgan fingerprint density at radius 2 is 2.11 bits per heavy atom. The van der Waals surface area contributed by atoms with Crippen LogP contribution in [0.2, 0.25) is 0 Å². The van der Waals surface area contributed by atoms with Gasteiger partial charge in [0.25, 0.3) is 0 Å². The minimum Gasteiger partial charge on any atom is -0.383 e. The van der Waals surface area contributed by atoms with Crippen molar-refractivity contribution >= 4 is 29.9 Å². The Labute approximate surface area is 134 Å². The van der Waals surface area contributed by atoms with Gasteiger partial charge in [-0.25, -0.2) is 0 Å². The Hall–Kier alpha value is -0.0800. The summed E-state index contributed by atoms with van der Waals surface area (Å²) >= 11 is 0. The van der Waals surface area contributed by atoms with Gasteiger partial charge in [-0.3, -0.25) is 4.99 Å². The van der Waals surface area contributed by atoms with Crippen molar-refractivity contribution in [3.05, 3.63) is 0 Å². The Bertz CT molecular complexity index is 246. The van der Waals surface area contributed by atoms with Crippen LogP contribution < -0.4 is 5.32 Å². The highest BCUT2D eigenvalue weighted by molar-refractivity contribution is 14.0. The lowest BCUT2D eigenvalue weighted by Gasteiger charge is -2.26. The summed E-state index contributed by atoms with van der Waals surface area (Å²) in [7, 11) is 5.61. The van der Waals surface area contributed by atoms with Crippen molar-refractivity contribution < 1.29 is 9.47 Å². The molecule has 0 aliphatic carbocycles. The number of hydrogen-bond donors (Lipinski definition) is 1. The van der Waals surface area contributed by atoms with E-state index in [2.05, 4.69) is 22.3 Å². The zero-order valence-electron chi connectivity index (χ0n) is 12.4. The molecule has 1 rings (SSSR count). The first-order chi connectivity index (χ1) is 8.77. The first-order valence-electron chi connectivity index (χ1n) is 6.76. The summed E-state index contributed by atoms with van der Waals surface area (Å²) in [6.45, 7) is 4.39. The monoisotopic (exact) mass is 385 g/mol. The van der Waals surface area contributed by atoms with Gasteiger partial charge in [-0.05, 0) is 25.2 Å². The third-order valence-electron chi connectivity index (χ3n) is 3.38. The summed E-state index contributed by atoms with van der Waals surface area (Å²) in [5, 5.41) is 3.28. The van der Waals surface area contributed by atoms with Crippen LogP contribution in [-0.2, 0) is 9.47 Å². The highest BCUT2D eigenvalue weighted by atomic mass is 127. The molecule has 19 heavy (non-hydrogen) atoms. The fourth-order valence-electron chi connectivity index (χ4n) is 2.17. The van der Waals surface area contributed by atoms with Gasteiger partial charge < -0.3 is 19.7 Å². The van der Waals surface area contributed by atoms with E-state index in [0.29, 0.717) is 6.61 Å². The zero-order chi connectivity index (χ0) is 13.2. The Morgan fingerprint density at radius 1 is 1.42 bits per heavy atom. The van der Waals surface area contributed by atoms with Crippen LogP contribution in [0.4, 0.5) is 0 Å². The standard InChI is InChI=1S/C13H27N3O2.HI/c1-14-13(15-7-11-17-3)16(2)8-4-12-5-9-18-10-6-12;/h12H,4-11H2,1-3H3,(H,14,15);1H. The minimum absolute atomic E-state index is 0. The van der Waals surface area contributed by atoms with Gasteiger partial charge >= 0.3 is 0 Å². The maximum absolute atomic E-state index is 5.38. The van der Waals surface area contributed by atoms with Crippen LogP contribution >= 0.6 is 24.0 Å². The summed E-state index contributed by atoms with van der Waals surface area (Å²) in [4.78, 5) is 6.46. The van der Waals surface area contributed by atoms with Crippen LogP contribution in [0.3, 0.4) is 0 Å². The fraction of sp³-hybridized carbons (Fsp3) is 0.923. The normalized spacial score (nSPS) is 16.9. The number of halogens is 1. The molecule has 0 radical (unpaired) electrons. The summed E-state index contributed by atoms with van der Waals surface area (Å²) in [6.07, 6.45) is 3.61. The lowest BCUT2D eigenvalue weighted by Crippen LogP contribution is -2.41. The molecule has 0 spiro atoms. The number of nitrogens with zero attached hydrogens (tertiary/aromatic N) is 2. The second-order valence-corrected chi connectivity index (χ2v) is 4.73. The number of rotatable bonds is 6. The van der Waals surface area contributed by atoms with Crippen LogP contribution in [0.5, 0.6) is 0 Å². The van der Waals surface area contributed by atoms with E-state index in [1.54, 1.807) is 7.11 Å². The van der Waals surface area contributed by atoms with Crippen LogP contribution in [0, 0.1) is 5.92 Å². The molecule has 114 valence electrons. The molecule has 0 unspecified atom stereocenters. The molecule has 0 atom stereocenters. The molecule has 1 aliphatic heterocycles. The van der Waals surface area contributed by atoms with Gasteiger partial charge in [0.1, 0.15) is 0 Å². The van der Waals surface area contributed by atoms with Gasteiger partial charge in [0, 0.05) is 47.5 Å². The first-order valence-corrected chi connectivity index (χ1v) is 6.76. The van der Waals surface area contributed by atoms with Gasteiger partial charge in [0.15, 0.2) is 5.96 Å². The summed E-state index contributed by atoms with van der Waals surface area (Å²) in [5.41, 5.74) is 0. The van der Waals surface area contributed by atoms with Crippen LogP contribution in [-0.4, -0.2) is 65.0 Å². The molecule has 0 amide bonds. The van der Waals surface area contributed by atoms with Crippen molar-refractivity contribution in [2.24, 2.45) is 10.9 Å². The molecular formula is C13H28IN3O2. The van der Waals surface area contributed by atoms with E-state index in [1.165, 1.54) is 19.3 Å². The maximum Gasteiger partial charge on any atom is 0.193 e. The Kier molecular flexibility index (Phi) is 11.7. The van der Waals surface area contributed by atoms with Crippen LogP contribution in [0.1, 0.15) is 19.3 Å². The van der Waals surface area contributed by atoms with Gasteiger partial charge in [-0.1, -0.05) is 0 Å². The third kappa shape index (κ3) is 7.94. The second kappa shape index (κ2) is 11.7. The molecule has 0 aromatic heterocycles. The average Bonchev–Trinajstić information content (AvgIpc) is 2.42. The summed E-state index contributed by atoms with van der Waals surface area (Å²) in [6, 6.07) is 0. The molecule has 6 heteroatoms. The molecule has 0 aromatic rings. The zero-order valence-corrected chi connectivity index (χ0v) is 14.7. The molecule has 1 fully saturated rings. The lowest BCUT2D eigenvalue weighted by atomic mass is 9.96. The molecule has 0 saturated carbocycles. The number of nitrogens with one attached hydrogen (secondary N) is 1. The highest BCUT2D eigenvalue weighted by Crippen LogP contribution is 2.18. The number of guanidine groups is 1. The first kappa shape index (κ1) is 18.9. The van der Waals surface area contributed by atoms with Gasteiger partial charge in [-0.2, -0.15) is 0 Å². The smallest absolute Gasteiger partial charge is 0.193 e. The van der Waals surface area contributed by atoms with Crippen LogP contribution in [0.15, 0.2) is 4.99 Å². The quantitative estimate of drug-likeness (QED) is 0.326. The molecule has 0 aromatic carbocycles. The minimum atomic E-state index is 0. The van der Waals surface area contributed by atoms with Crippen LogP contribution in [0.25, 0.3) is 0 Å². The fourth-order valence-corrected chi connectivity index (χ4v) is 2.17. The third-order valence-corrected chi connectivity index (χ3v) is 3.38. The molecule has 0 bridgehead atoms. The molecule has 1 aliphatic rings. The van der Waals surface area contributed by atoms with Crippen molar-refractivity contribution in [2.75, 3.05) is 54.1 Å². The molecule has 1 heterocycles. The van der Waals surface area contributed by atoms with E-state index >= 15 is 0 Å². The van der Waals surface area contributed by atoms with Crippen molar-refractivity contribution in [3.63, 3.8) is 0 Å². The summed E-state index contributed by atoms with van der Waals surface area (Å²) in [5.74, 6) is 1.75. The highest BCUT2D eigenvalue weighted by Gasteiger charge is 2.15. The lowest BCUT2D eigenvalue weighted by molar-refractivity contribution is 0.0625. The van der Waals surface area contributed by atoms with Gasteiger partial charge in [-0.15, -0.1) is 24.0 Å². The Morgan fingerprint density at radius 3 is 2.68 bits per heavy atom. The predicted octanol–water partition coefficient (Wildman–Crippen LogP) is 1.57. The average molecular weight is 385 g/mol. The maximum atomic E-state index is 5.38. The largest absolute Gasteiger partial charge is 0.383 e. The number of aliphatic imine (C=N–C) groups is 1. The predicted molar refractivity (Wildman–Crippen MR) is 89.4 cm³/mol. The molecule has 1 N–H and O–H groups in total. The van der Waals surface area contributed by atoms with Crippen molar-refractivity contribution in [1.29, 1.82) is 0 Å². The number of ether oxygens (including phenoxy) is 2. The van der Waals surface area contributed by atoms with Crippen molar-refractivity contribution in [3.8, 4) is 0 Å². The number of methoxy groups -OCH3 is 1. The van der Waals surface area contributed by atoms with E-state index in [4.69, 9.17) is 9.47 Å². The SMILES string of the molecule is CN=C(NCCOC)N(C)CCC1CCOCC1.I.